The third kappa shape index (κ3) is 3.01. The van der Waals surface area contributed by atoms with E-state index in [9.17, 15) is 4.79 Å². The number of anilines is 1. The van der Waals surface area contributed by atoms with Crippen LogP contribution in [0.25, 0.3) is 0 Å². The SMILES string of the molecule is CCOc1cc(Cl)ccc1NC(=O)C1CC12CCNCC2. The first-order chi connectivity index (χ1) is 10.1. The van der Waals surface area contributed by atoms with Gasteiger partial charge in [-0.3, -0.25) is 4.79 Å². The molecule has 1 aromatic carbocycles. The van der Waals surface area contributed by atoms with Crippen LogP contribution < -0.4 is 15.4 Å². The van der Waals surface area contributed by atoms with Gasteiger partial charge in [0, 0.05) is 17.0 Å². The van der Waals surface area contributed by atoms with Crippen LogP contribution in [-0.4, -0.2) is 25.6 Å². The fourth-order valence-corrected chi connectivity index (χ4v) is 3.45. The summed E-state index contributed by atoms with van der Waals surface area (Å²) in [5.41, 5.74) is 0.954. The van der Waals surface area contributed by atoms with E-state index >= 15 is 0 Å². The zero-order chi connectivity index (χ0) is 14.9. The first-order valence-electron chi connectivity index (χ1n) is 7.58. The highest BCUT2D eigenvalue weighted by molar-refractivity contribution is 6.30. The molecule has 5 heteroatoms. The summed E-state index contributed by atoms with van der Waals surface area (Å²) < 4.78 is 5.55. The van der Waals surface area contributed by atoms with Crippen LogP contribution in [0.4, 0.5) is 5.69 Å². The maximum absolute atomic E-state index is 12.5. The van der Waals surface area contributed by atoms with Crippen LogP contribution >= 0.6 is 11.6 Å². The Balaban J connectivity index is 1.68. The van der Waals surface area contributed by atoms with E-state index in [4.69, 9.17) is 16.3 Å². The molecule has 21 heavy (non-hydrogen) atoms. The molecule has 1 saturated heterocycles. The Bertz CT molecular complexity index is 541. The molecule has 1 aliphatic carbocycles. The van der Waals surface area contributed by atoms with Gasteiger partial charge in [-0.2, -0.15) is 0 Å². The van der Waals surface area contributed by atoms with E-state index in [-0.39, 0.29) is 17.2 Å². The number of hydrogen-bond donors (Lipinski definition) is 2. The summed E-state index contributed by atoms with van der Waals surface area (Å²) in [7, 11) is 0. The first kappa shape index (κ1) is 14.7. The number of carbonyl (C=O) groups excluding carboxylic acids is 1. The Labute approximate surface area is 130 Å². The predicted molar refractivity (Wildman–Crippen MR) is 83.9 cm³/mol. The van der Waals surface area contributed by atoms with Gasteiger partial charge in [-0.05, 0) is 56.8 Å². The molecular weight excluding hydrogens is 288 g/mol. The van der Waals surface area contributed by atoms with Gasteiger partial charge in [0.05, 0.1) is 12.3 Å². The Kier molecular flexibility index (Phi) is 4.09. The van der Waals surface area contributed by atoms with Crippen molar-refractivity contribution in [3.63, 3.8) is 0 Å². The molecule has 3 rings (SSSR count). The van der Waals surface area contributed by atoms with Crippen LogP contribution in [0.2, 0.25) is 5.02 Å². The molecule has 2 aliphatic rings. The molecule has 1 amide bonds. The number of hydrogen-bond acceptors (Lipinski definition) is 3. The quantitative estimate of drug-likeness (QED) is 0.899. The zero-order valence-corrected chi connectivity index (χ0v) is 13.0. The lowest BCUT2D eigenvalue weighted by Gasteiger charge is -2.23. The minimum absolute atomic E-state index is 0.111. The van der Waals surface area contributed by atoms with Gasteiger partial charge in [-0.15, -0.1) is 0 Å². The van der Waals surface area contributed by atoms with Gasteiger partial charge in [0.25, 0.3) is 0 Å². The fraction of sp³-hybridized carbons (Fsp3) is 0.562. The average molecular weight is 309 g/mol. The van der Waals surface area contributed by atoms with Crippen LogP contribution in [-0.2, 0) is 4.79 Å². The summed E-state index contributed by atoms with van der Waals surface area (Å²) in [5.74, 6) is 0.892. The van der Waals surface area contributed by atoms with Gasteiger partial charge in [-0.25, -0.2) is 0 Å². The Morgan fingerprint density at radius 1 is 1.48 bits per heavy atom. The van der Waals surface area contributed by atoms with Crippen molar-refractivity contribution < 1.29 is 9.53 Å². The molecule has 2 N–H and O–H groups in total. The van der Waals surface area contributed by atoms with Crippen molar-refractivity contribution in [2.45, 2.75) is 26.2 Å². The smallest absolute Gasteiger partial charge is 0.228 e. The molecule has 1 aromatic rings. The van der Waals surface area contributed by atoms with E-state index in [1.807, 2.05) is 13.0 Å². The molecule has 114 valence electrons. The van der Waals surface area contributed by atoms with Crippen LogP contribution in [0.15, 0.2) is 18.2 Å². The van der Waals surface area contributed by atoms with Crippen molar-refractivity contribution >= 4 is 23.2 Å². The molecule has 1 atom stereocenters. The van der Waals surface area contributed by atoms with E-state index < -0.39 is 0 Å². The third-order valence-electron chi connectivity index (χ3n) is 4.61. The summed E-state index contributed by atoms with van der Waals surface area (Å²) in [6.07, 6.45) is 3.21. The van der Waals surface area contributed by atoms with Gasteiger partial charge in [0.15, 0.2) is 0 Å². The van der Waals surface area contributed by atoms with E-state index in [1.165, 1.54) is 0 Å². The van der Waals surface area contributed by atoms with Crippen molar-refractivity contribution in [1.29, 1.82) is 0 Å². The molecule has 2 fully saturated rings. The minimum Gasteiger partial charge on any atom is -0.492 e. The maximum Gasteiger partial charge on any atom is 0.228 e. The lowest BCUT2D eigenvalue weighted by molar-refractivity contribution is -0.118. The van der Waals surface area contributed by atoms with Crippen molar-refractivity contribution in [3.8, 4) is 5.75 Å². The summed E-state index contributed by atoms with van der Waals surface area (Å²) in [6.45, 7) is 4.50. The molecular formula is C16H21ClN2O2. The number of amides is 1. The van der Waals surface area contributed by atoms with Crippen LogP contribution in [0.1, 0.15) is 26.2 Å². The highest BCUT2D eigenvalue weighted by Gasteiger charge is 2.57. The maximum atomic E-state index is 12.5. The second-order valence-corrected chi connectivity index (χ2v) is 6.37. The number of halogens is 1. The molecule has 0 radical (unpaired) electrons. The Morgan fingerprint density at radius 3 is 2.95 bits per heavy atom. The topological polar surface area (TPSA) is 50.4 Å². The molecule has 1 heterocycles. The normalized spacial score (nSPS) is 22.9. The molecule has 0 bridgehead atoms. The first-order valence-corrected chi connectivity index (χ1v) is 7.96. The zero-order valence-electron chi connectivity index (χ0n) is 12.2. The number of rotatable bonds is 4. The minimum atomic E-state index is 0.111. The molecule has 0 aromatic heterocycles. The molecule has 1 aliphatic heterocycles. The van der Waals surface area contributed by atoms with Crippen molar-refractivity contribution in [3.05, 3.63) is 23.2 Å². The van der Waals surface area contributed by atoms with Gasteiger partial charge in [0.1, 0.15) is 5.75 Å². The molecule has 1 saturated carbocycles. The Hall–Kier alpha value is -1.26. The summed E-state index contributed by atoms with van der Waals surface area (Å²) in [4.78, 5) is 12.5. The van der Waals surface area contributed by atoms with Gasteiger partial charge in [-0.1, -0.05) is 11.6 Å². The summed E-state index contributed by atoms with van der Waals surface area (Å²) in [6, 6.07) is 5.32. The number of benzene rings is 1. The van der Waals surface area contributed by atoms with Crippen molar-refractivity contribution in [2.24, 2.45) is 11.3 Å². The highest BCUT2D eigenvalue weighted by Crippen LogP contribution is 2.58. The van der Waals surface area contributed by atoms with Crippen LogP contribution in [0.3, 0.4) is 0 Å². The standard InChI is InChI=1S/C16H21ClN2O2/c1-2-21-14-9-11(17)3-4-13(14)19-15(20)12-10-16(12)5-7-18-8-6-16/h3-4,9,12,18H,2,5-8,10H2,1H3,(H,19,20). The van der Waals surface area contributed by atoms with E-state index in [2.05, 4.69) is 10.6 Å². The average Bonchev–Trinajstić information content (AvgIpc) is 3.16. The fourth-order valence-electron chi connectivity index (χ4n) is 3.29. The third-order valence-corrected chi connectivity index (χ3v) is 4.84. The van der Waals surface area contributed by atoms with Crippen LogP contribution in [0.5, 0.6) is 5.75 Å². The monoisotopic (exact) mass is 308 g/mol. The van der Waals surface area contributed by atoms with Gasteiger partial charge in [0.2, 0.25) is 5.91 Å². The van der Waals surface area contributed by atoms with E-state index in [0.29, 0.717) is 23.1 Å². The molecule has 1 spiro atoms. The van der Waals surface area contributed by atoms with Crippen molar-refractivity contribution in [1.82, 2.24) is 5.32 Å². The van der Waals surface area contributed by atoms with Gasteiger partial charge >= 0.3 is 0 Å². The lowest BCUT2D eigenvalue weighted by atomic mass is 9.92. The lowest BCUT2D eigenvalue weighted by Crippen LogP contribution is -2.31. The molecule has 4 nitrogen and oxygen atoms in total. The largest absolute Gasteiger partial charge is 0.492 e. The Morgan fingerprint density at radius 2 is 2.24 bits per heavy atom. The number of nitrogens with one attached hydrogen (secondary N) is 2. The number of carbonyl (C=O) groups is 1. The predicted octanol–water partition coefficient (Wildman–Crippen LogP) is 3.07. The highest BCUT2D eigenvalue weighted by atomic mass is 35.5. The molecule has 1 unspecified atom stereocenters. The van der Waals surface area contributed by atoms with E-state index in [1.54, 1.807) is 12.1 Å². The second-order valence-electron chi connectivity index (χ2n) is 5.93. The summed E-state index contributed by atoms with van der Waals surface area (Å²) >= 11 is 5.98. The number of piperidine rings is 1. The number of ether oxygens (including phenoxy) is 1. The second kappa shape index (κ2) is 5.85. The van der Waals surface area contributed by atoms with Gasteiger partial charge < -0.3 is 15.4 Å². The summed E-state index contributed by atoms with van der Waals surface area (Å²) in [5, 5.41) is 6.98. The van der Waals surface area contributed by atoms with Crippen LogP contribution in [0, 0.1) is 11.3 Å². The van der Waals surface area contributed by atoms with E-state index in [0.717, 1.165) is 32.4 Å². The van der Waals surface area contributed by atoms with Crippen molar-refractivity contribution in [2.75, 3.05) is 25.0 Å².